The number of aryl methyl sites for hydroxylation is 2. The SMILES string of the molecule is CCCCCN(C(=O)C1CCC1)C(CC)c1nc2ccccc2c(=O)n1-c1ccc(C)c(C)c1. The molecule has 2 aromatic carbocycles. The van der Waals surface area contributed by atoms with Crippen LogP contribution in [0.15, 0.2) is 47.3 Å². The summed E-state index contributed by atoms with van der Waals surface area (Å²) in [6.07, 6.45) is 6.91. The number of rotatable bonds is 9. The highest BCUT2D eigenvalue weighted by molar-refractivity contribution is 5.81. The fourth-order valence-corrected chi connectivity index (χ4v) is 4.87. The maximum atomic E-state index is 13.8. The van der Waals surface area contributed by atoms with E-state index in [0.717, 1.165) is 49.8 Å². The molecule has 4 rings (SSSR count). The summed E-state index contributed by atoms with van der Waals surface area (Å²) in [5, 5.41) is 0.599. The second-order valence-corrected chi connectivity index (χ2v) is 9.69. The summed E-state index contributed by atoms with van der Waals surface area (Å²) in [6, 6.07) is 13.4. The van der Waals surface area contributed by atoms with Gasteiger partial charge in [0.05, 0.1) is 22.6 Å². The molecule has 0 saturated heterocycles. The molecule has 3 aromatic rings. The number of hydrogen-bond acceptors (Lipinski definition) is 3. The van der Waals surface area contributed by atoms with Gasteiger partial charge in [-0.05, 0) is 74.9 Å². The van der Waals surface area contributed by atoms with Crippen LogP contribution in [0.5, 0.6) is 0 Å². The smallest absolute Gasteiger partial charge is 0.266 e. The molecule has 1 aliphatic rings. The van der Waals surface area contributed by atoms with Crippen molar-refractivity contribution in [2.45, 2.75) is 78.7 Å². The van der Waals surface area contributed by atoms with Crippen LogP contribution in [-0.4, -0.2) is 26.9 Å². The number of hydrogen-bond donors (Lipinski definition) is 0. The van der Waals surface area contributed by atoms with E-state index in [9.17, 15) is 9.59 Å². The second-order valence-electron chi connectivity index (χ2n) is 9.69. The van der Waals surface area contributed by atoms with Gasteiger partial charge in [0.1, 0.15) is 5.82 Å². The zero-order valence-electron chi connectivity index (χ0n) is 21.0. The lowest BCUT2D eigenvalue weighted by molar-refractivity contribution is -0.141. The van der Waals surface area contributed by atoms with E-state index in [1.807, 2.05) is 35.2 Å². The van der Waals surface area contributed by atoms with Crippen molar-refractivity contribution >= 4 is 16.8 Å². The quantitative estimate of drug-likeness (QED) is 0.354. The summed E-state index contributed by atoms with van der Waals surface area (Å²) in [4.78, 5) is 34.5. The van der Waals surface area contributed by atoms with Crippen LogP contribution in [0.4, 0.5) is 0 Å². The molecule has 0 spiro atoms. The Morgan fingerprint density at radius 2 is 1.85 bits per heavy atom. The van der Waals surface area contributed by atoms with Gasteiger partial charge < -0.3 is 4.90 Å². The molecule has 1 heterocycles. The summed E-state index contributed by atoms with van der Waals surface area (Å²) in [6.45, 7) is 9.11. The van der Waals surface area contributed by atoms with Crippen LogP contribution in [0.2, 0.25) is 0 Å². The molecule has 0 radical (unpaired) electrons. The maximum absolute atomic E-state index is 13.8. The molecule has 0 N–H and O–H groups in total. The average Bonchev–Trinajstić information content (AvgIpc) is 2.79. The summed E-state index contributed by atoms with van der Waals surface area (Å²) < 4.78 is 1.75. The van der Waals surface area contributed by atoms with Gasteiger partial charge in [-0.2, -0.15) is 0 Å². The molecule has 1 atom stereocenters. The van der Waals surface area contributed by atoms with E-state index in [4.69, 9.17) is 4.98 Å². The van der Waals surface area contributed by atoms with E-state index in [2.05, 4.69) is 39.8 Å². The highest BCUT2D eigenvalue weighted by Gasteiger charge is 2.35. The fourth-order valence-electron chi connectivity index (χ4n) is 4.87. The Balaban J connectivity index is 1.90. The van der Waals surface area contributed by atoms with Crippen LogP contribution in [0.3, 0.4) is 0 Å². The number of fused-ring (bicyclic) bond motifs is 1. The van der Waals surface area contributed by atoms with Gasteiger partial charge in [0.15, 0.2) is 0 Å². The molecule has 1 unspecified atom stereocenters. The van der Waals surface area contributed by atoms with Gasteiger partial charge in [0.25, 0.3) is 5.56 Å². The number of para-hydroxylation sites is 1. The van der Waals surface area contributed by atoms with E-state index in [0.29, 0.717) is 29.7 Å². The predicted molar refractivity (Wildman–Crippen MR) is 138 cm³/mol. The Kier molecular flexibility index (Phi) is 7.50. The van der Waals surface area contributed by atoms with Crippen molar-refractivity contribution in [2.75, 3.05) is 6.54 Å². The molecule has 1 fully saturated rings. The van der Waals surface area contributed by atoms with Crippen molar-refractivity contribution in [2.24, 2.45) is 5.92 Å². The first-order valence-electron chi connectivity index (χ1n) is 12.9. The largest absolute Gasteiger partial charge is 0.332 e. The van der Waals surface area contributed by atoms with Gasteiger partial charge in [-0.15, -0.1) is 0 Å². The van der Waals surface area contributed by atoms with Crippen molar-refractivity contribution < 1.29 is 4.79 Å². The number of amides is 1. The molecule has 1 saturated carbocycles. The third-order valence-electron chi connectivity index (χ3n) is 7.35. The first-order chi connectivity index (χ1) is 16.5. The van der Waals surface area contributed by atoms with Crippen molar-refractivity contribution in [1.29, 1.82) is 0 Å². The summed E-state index contributed by atoms with van der Waals surface area (Å²) in [5.41, 5.74) is 3.73. The second kappa shape index (κ2) is 10.5. The highest BCUT2D eigenvalue weighted by Crippen LogP contribution is 2.34. The number of nitrogens with zero attached hydrogens (tertiary/aromatic N) is 3. The van der Waals surface area contributed by atoms with Crippen LogP contribution >= 0.6 is 0 Å². The monoisotopic (exact) mass is 459 g/mol. The van der Waals surface area contributed by atoms with Gasteiger partial charge >= 0.3 is 0 Å². The Morgan fingerprint density at radius 1 is 1.09 bits per heavy atom. The lowest BCUT2D eigenvalue weighted by atomic mass is 9.84. The Bertz CT molecular complexity index is 1230. The maximum Gasteiger partial charge on any atom is 0.266 e. The molecule has 1 aromatic heterocycles. The van der Waals surface area contributed by atoms with Gasteiger partial charge in [0.2, 0.25) is 5.91 Å². The van der Waals surface area contributed by atoms with Crippen LogP contribution in [0, 0.1) is 19.8 Å². The zero-order chi connectivity index (χ0) is 24.2. The summed E-state index contributed by atoms with van der Waals surface area (Å²) in [7, 11) is 0. The molecule has 34 heavy (non-hydrogen) atoms. The minimum absolute atomic E-state index is 0.0769. The predicted octanol–water partition coefficient (Wildman–Crippen LogP) is 6.27. The van der Waals surface area contributed by atoms with Crippen LogP contribution in [0.25, 0.3) is 16.6 Å². The van der Waals surface area contributed by atoms with Crippen molar-refractivity contribution in [3.8, 4) is 5.69 Å². The van der Waals surface area contributed by atoms with E-state index in [-0.39, 0.29) is 23.4 Å². The van der Waals surface area contributed by atoms with Crippen LogP contribution in [-0.2, 0) is 4.79 Å². The van der Waals surface area contributed by atoms with Gasteiger partial charge in [-0.25, -0.2) is 4.98 Å². The minimum atomic E-state index is -0.246. The van der Waals surface area contributed by atoms with E-state index < -0.39 is 0 Å². The van der Waals surface area contributed by atoms with E-state index in [1.165, 1.54) is 5.56 Å². The summed E-state index contributed by atoms with van der Waals surface area (Å²) in [5.74, 6) is 1.000. The Hall–Kier alpha value is -2.95. The molecule has 0 aliphatic heterocycles. The number of carbonyl (C=O) groups excluding carboxylic acids is 1. The number of unbranched alkanes of at least 4 members (excludes halogenated alkanes) is 2. The molecule has 0 bridgehead atoms. The third-order valence-corrected chi connectivity index (χ3v) is 7.35. The number of benzene rings is 2. The first kappa shape index (κ1) is 24.2. The molecular formula is C29H37N3O2. The van der Waals surface area contributed by atoms with Crippen molar-refractivity contribution in [3.05, 3.63) is 69.8 Å². The fraction of sp³-hybridized carbons (Fsp3) is 0.483. The van der Waals surface area contributed by atoms with Crippen LogP contribution in [0.1, 0.15) is 81.8 Å². The third kappa shape index (κ3) is 4.66. The standard InChI is InChI=1S/C29H37N3O2/c1-5-7-10-18-31(28(33)22-12-11-13-22)26(6-2)27-30-25-15-9-8-14-24(25)29(34)32(27)23-17-16-20(3)21(4)19-23/h8-9,14-17,19,22,26H,5-7,10-13,18H2,1-4H3. The molecule has 180 valence electrons. The Morgan fingerprint density at radius 3 is 2.50 bits per heavy atom. The lowest BCUT2D eigenvalue weighted by Crippen LogP contribution is -2.43. The van der Waals surface area contributed by atoms with Gasteiger partial charge in [-0.1, -0.05) is 51.3 Å². The normalized spacial score (nSPS) is 14.7. The van der Waals surface area contributed by atoms with Crippen molar-refractivity contribution in [3.63, 3.8) is 0 Å². The molecular weight excluding hydrogens is 422 g/mol. The topological polar surface area (TPSA) is 55.2 Å². The Labute approximate surface area is 202 Å². The first-order valence-corrected chi connectivity index (χ1v) is 12.9. The number of aromatic nitrogens is 2. The van der Waals surface area contributed by atoms with Gasteiger partial charge in [-0.3, -0.25) is 14.2 Å². The van der Waals surface area contributed by atoms with Crippen molar-refractivity contribution in [1.82, 2.24) is 14.5 Å². The van der Waals surface area contributed by atoms with E-state index >= 15 is 0 Å². The minimum Gasteiger partial charge on any atom is -0.332 e. The summed E-state index contributed by atoms with van der Waals surface area (Å²) >= 11 is 0. The average molecular weight is 460 g/mol. The molecule has 5 heteroatoms. The number of carbonyl (C=O) groups is 1. The zero-order valence-corrected chi connectivity index (χ0v) is 21.0. The van der Waals surface area contributed by atoms with Gasteiger partial charge in [0, 0.05) is 12.5 Å². The van der Waals surface area contributed by atoms with Crippen LogP contribution < -0.4 is 5.56 Å². The molecule has 1 amide bonds. The highest BCUT2D eigenvalue weighted by atomic mass is 16.2. The molecule has 5 nitrogen and oxygen atoms in total. The lowest BCUT2D eigenvalue weighted by Gasteiger charge is -2.37. The van der Waals surface area contributed by atoms with E-state index in [1.54, 1.807) is 4.57 Å². The molecule has 1 aliphatic carbocycles.